The van der Waals surface area contributed by atoms with Crippen LogP contribution in [0.4, 0.5) is 10.1 Å². The zero-order valence-corrected chi connectivity index (χ0v) is 28.0. The Labute approximate surface area is 277 Å². The predicted octanol–water partition coefficient (Wildman–Crippen LogP) is 6.34. The Morgan fingerprint density at radius 1 is 1.13 bits per heavy atom. The maximum atomic E-state index is 14.3. The normalized spacial score (nSPS) is 25.5. The zero-order valence-electron chi connectivity index (χ0n) is 28.0. The molecule has 2 bridgehead atoms. The number of aliphatic imine (C=N–C) groups is 1. The molecule has 5 atom stereocenters. The Bertz CT molecular complexity index is 1880. The zero-order chi connectivity index (χ0) is 32.9. The van der Waals surface area contributed by atoms with Crippen LogP contribution in [0.5, 0.6) is 0 Å². The van der Waals surface area contributed by atoms with Crippen molar-refractivity contribution < 1.29 is 4.39 Å². The van der Waals surface area contributed by atoms with E-state index in [0.29, 0.717) is 52.4 Å². The molecule has 8 heteroatoms. The third-order valence-corrected chi connectivity index (χ3v) is 11.7. The molecule has 246 valence electrons. The molecule has 4 aliphatic rings. The minimum Gasteiger partial charge on any atom is -0.369 e. The van der Waals surface area contributed by atoms with Gasteiger partial charge >= 0.3 is 0 Å². The molecule has 0 radical (unpaired) electrons. The predicted molar refractivity (Wildman–Crippen MR) is 188 cm³/mol. The van der Waals surface area contributed by atoms with Crippen LogP contribution in [-0.2, 0) is 19.4 Å². The van der Waals surface area contributed by atoms with Crippen LogP contribution in [0.1, 0.15) is 61.8 Å². The molecule has 3 saturated carbocycles. The number of benzene rings is 3. The van der Waals surface area contributed by atoms with E-state index in [1.165, 1.54) is 40.9 Å². The summed E-state index contributed by atoms with van der Waals surface area (Å²) in [6.45, 7) is 12.0. The Morgan fingerprint density at radius 2 is 1.98 bits per heavy atom. The fourth-order valence-corrected chi connectivity index (χ4v) is 8.67. The van der Waals surface area contributed by atoms with Gasteiger partial charge in [-0.3, -0.25) is 9.36 Å². The number of aromatic nitrogens is 2. The molecule has 4 aromatic rings. The third kappa shape index (κ3) is 6.20. The fraction of sp³-hybridized carbons (Fsp3) is 0.462. The van der Waals surface area contributed by atoms with E-state index in [0.717, 1.165) is 49.4 Å². The van der Waals surface area contributed by atoms with Gasteiger partial charge in [-0.05, 0) is 108 Å². The van der Waals surface area contributed by atoms with E-state index in [4.69, 9.17) is 10.7 Å². The van der Waals surface area contributed by atoms with Gasteiger partial charge in [0.2, 0.25) is 0 Å². The van der Waals surface area contributed by atoms with Crippen LogP contribution in [0.15, 0.2) is 76.8 Å². The van der Waals surface area contributed by atoms with Crippen molar-refractivity contribution in [3.63, 3.8) is 0 Å². The maximum Gasteiger partial charge on any atom is 0.261 e. The van der Waals surface area contributed by atoms with Crippen LogP contribution in [0.3, 0.4) is 0 Å². The summed E-state index contributed by atoms with van der Waals surface area (Å²) in [5.74, 6) is 3.30. The molecule has 1 aromatic heterocycles. The summed E-state index contributed by atoms with van der Waals surface area (Å²) in [6.07, 6.45) is 5.60. The topological polar surface area (TPSA) is 88.5 Å². The van der Waals surface area contributed by atoms with Gasteiger partial charge in [-0.15, -0.1) is 0 Å². The molecule has 47 heavy (non-hydrogen) atoms. The molecule has 3 aromatic carbocycles. The number of piperazine rings is 1. The summed E-state index contributed by atoms with van der Waals surface area (Å²) in [6, 6.07) is 20.1. The summed E-state index contributed by atoms with van der Waals surface area (Å²) in [7, 11) is 0. The van der Waals surface area contributed by atoms with E-state index in [2.05, 4.69) is 60.2 Å². The first-order chi connectivity index (χ1) is 22.6. The first kappa shape index (κ1) is 31.6. The standard InChI is InChI=1S/C39H47FN6O/c1-24-8-9-27(35(40)16-24)12-14-46-23-43-36-21-30(10-11-32(36)37(46)47)44-38(41)45-15-13-42-31(22-45)18-26-6-5-7-28(17-26)33-19-29-20-34(25(33)2)39(29,3)4/h5-11,16-17,21,23,25,29,31,33-34,42H,12-15,18-20,22H2,1-4H3,(H2,41,44)/t25-,29+,31+,33+,34-/m1/s1. The quantitative estimate of drug-likeness (QED) is 0.183. The fourth-order valence-electron chi connectivity index (χ4n) is 8.67. The number of hydrogen-bond acceptors (Lipinski definition) is 4. The molecule has 1 saturated heterocycles. The van der Waals surface area contributed by atoms with E-state index in [1.54, 1.807) is 18.2 Å². The Balaban J connectivity index is 0.997. The van der Waals surface area contributed by atoms with Gasteiger partial charge in [0.15, 0.2) is 5.96 Å². The maximum absolute atomic E-state index is 14.3. The first-order valence-electron chi connectivity index (χ1n) is 17.2. The molecule has 2 heterocycles. The highest BCUT2D eigenvalue weighted by atomic mass is 19.1. The number of hydrogen-bond donors (Lipinski definition) is 2. The minimum atomic E-state index is -0.249. The molecule has 7 nitrogen and oxygen atoms in total. The minimum absolute atomic E-state index is 0.154. The molecule has 0 spiro atoms. The molecule has 1 aliphatic heterocycles. The van der Waals surface area contributed by atoms with Gasteiger partial charge in [0, 0.05) is 32.2 Å². The van der Waals surface area contributed by atoms with Crippen molar-refractivity contribution in [2.75, 3.05) is 19.6 Å². The van der Waals surface area contributed by atoms with Crippen LogP contribution in [0.2, 0.25) is 0 Å². The van der Waals surface area contributed by atoms with Crippen LogP contribution in [0.25, 0.3) is 10.9 Å². The largest absolute Gasteiger partial charge is 0.369 e. The summed E-state index contributed by atoms with van der Waals surface area (Å²) in [4.78, 5) is 24.6. The van der Waals surface area contributed by atoms with Crippen LogP contribution in [-0.4, -0.2) is 46.1 Å². The van der Waals surface area contributed by atoms with Crippen molar-refractivity contribution in [2.24, 2.45) is 33.9 Å². The van der Waals surface area contributed by atoms with Crippen LogP contribution >= 0.6 is 0 Å². The van der Waals surface area contributed by atoms with E-state index in [1.807, 2.05) is 19.1 Å². The summed E-state index contributed by atoms with van der Waals surface area (Å²) < 4.78 is 15.8. The van der Waals surface area contributed by atoms with Gasteiger partial charge in [0.05, 0.1) is 22.9 Å². The second-order valence-electron chi connectivity index (χ2n) is 14.9. The highest BCUT2D eigenvalue weighted by Crippen LogP contribution is 2.64. The molecular weight excluding hydrogens is 587 g/mol. The number of halogens is 1. The SMILES string of the molecule is Cc1ccc(CCn2cnc3cc(N=C(N)N4CCN[C@@H](Cc5cccc([C@H]6C[C@H]7C[C@H]([C@@H]6C)C7(C)C)c5)C4)ccc3c2=O)c(F)c1. The molecule has 0 unspecified atom stereocenters. The molecule has 3 aliphatic carbocycles. The number of rotatable bonds is 7. The molecule has 8 rings (SSSR count). The van der Waals surface area contributed by atoms with Gasteiger partial charge in [-0.25, -0.2) is 14.4 Å². The molecule has 4 fully saturated rings. The average Bonchev–Trinajstić information content (AvgIpc) is 3.05. The van der Waals surface area contributed by atoms with Crippen LogP contribution in [0, 0.1) is 35.9 Å². The van der Waals surface area contributed by atoms with Crippen molar-refractivity contribution in [1.82, 2.24) is 19.8 Å². The highest BCUT2D eigenvalue weighted by molar-refractivity contribution is 5.85. The lowest BCUT2D eigenvalue weighted by molar-refractivity contribution is -0.110. The lowest BCUT2D eigenvalue weighted by Gasteiger charge is -2.62. The summed E-state index contributed by atoms with van der Waals surface area (Å²) in [5.41, 5.74) is 12.5. The smallest absolute Gasteiger partial charge is 0.261 e. The summed E-state index contributed by atoms with van der Waals surface area (Å²) >= 11 is 0. The number of nitrogens with one attached hydrogen (secondary N) is 1. The van der Waals surface area contributed by atoms with E-state index < -0.39 is 0 Å². The van der Waals surface area contributed by atoms with Crippen molar-refractivity contribution in [3.05, 3.63) is 105 Å². The van der Waals surface area contributed by atoms with Crippen molar-refractivity contribution >= 4 is 22.5 Å². The monoisotopic (exact) mass is 634 g/mol. The average molecular weight is 635 g/mol. The third-order valence-electron chi connectivity index (χ3n) is 11.7. The summed E-state index contributed by atoms with van der Waals surface area (Å²) in [5, 5.41) is 4.19. The van der Waals surface area contributed by atoms with Gasteiger partial charge in [0.25, 0.3) is 5.56 Å². The number of nitrogens with two attached hydrogens (primary N) is 1. The lowest BCUT2D eigenvalue weighted by Crippen LogP contribution is -2.55. The van der Waals surface area contributed by atoms with E-state index in [9.17, 15) is 9.18 Å². The number of fused-ring (bicyclic) bond motifs is 3. The Hall–Kier alpha value is -4.04. The lowest BCUT2D eigenvalue weighted by atomic mass is 9.43. The molecule has 0 amide bonds. The van der Waals surface area contributed by atoms with Gasteiger partial charge < -0.3 is 16.0 Å². The molecule has 3 N–H and O–H groups in total. The Morgan fingerprint density at radius 3 is 2.77 bits per heavy atom. The second-order valence-corrected chi connectivity index (χ2v) is 14.9. The number of nitrogens with zero attached hydrogens (tertiary/aromatic N) is 4. The highest BCUT2D eigenvalue weighted by Gasteiger charge is 2.56. The first-order valence-corrected chi connectivity index (χ1v) is 17.2. The van der Waals surface area contributed by atoms with Crippen molar-refractivity contribution in [1.29, 1.82) is 0 Å². The number of aryl methyl sites for hydroxylation is 3. The Kier molecular flexibility index (Phi) is 8.41. The second kappa shape index (κ2) is 12.5. The van der Waals surface area contributed by atoms with E-state index in [-0.39, 0.29) is 17.4 Å². The number of guanidine groups is 1. The van der Waals surface area contributed by atoms with Crippen molar-refractivity contribution in [3.8, 4) is 0 Å². The van der Waals surface area contributed by atoms with E-state index >= 15 is 0 Å². The van der Waals surface area contributed by atoms with Crippen molar-refractivity contribution in [2.45, 2.75) is 71.9 Å². The van der Waals surface area contributed by atoms with Gasteiger partial charge in [-0.1, -0.05) is 57.2 Å². The molecular formula is C39H47FN6O. The van der Waals surface area contributed by atoms with Crippen LogP contribution < -0.4 is 16.6 Å². The van der Waals surface area contributed by atoms with Gasteiger partial charge in [0.1, 0.15) is 5.82 Å². The van der Waals surface area contributed by atoms with Gasteiger partial charge in [-0.2, -0.15) is 0 Å².